The van der Waals surface area contributed by atoms with Gasteiger partial charge in [0.25, 0.3) is 0 Å². The van der Waals surface area contributed by atoms with E-state index < -0.39 is 11.7 Å². The van der Waals surface area contributed by atoms with Crippen molar-refractivity contribution in [2.24, 2.45) is 0 Å². The first kappa shape index (κ1) is 15.9. The minimum Gasteiger partial charge on any atom is -0.166 e. The highest BCUT2D eigenvalue weighted by Gasteiger charge is 2.30. The second-order valence-electron chi connectivity index (χ2n) is 5.11. The molecular weight excluding hydrogens is 297 g/mol. The van der Waals surface area contributed by atoms with Gasteiger partial charge in [-0.2, -0.15) is 13.2 Å². The van der Waals surface area contributed by atoms with E-state index in [1.165, 1.54) is 12.1 Å². The molecule has 0 heterocycles. The number of rotatable bonds is 4. The van der Waals surface area contributed by atoms with Crippen LogP contribution in [0, 0.1) is 6.92 Å². The van der Waals surface area contributed by atoms with E-state index in [9.17, 15) is 13.2 Å². The largest absolute Gasteiger partial charge is 0.416 e. The Morgan fingerprint density at radius 2 is 1.62 bits per heavy atom. The molecule has 0 saturated heterocycles. The molecule has 0 nitrogen and oxygen atoms in total. The summed E-state index contributed by atoms with van der Waals surface area (Å²) in [6.07, 6.45) is -3.66. The summed E-state index contributed by atoms with van der Waals surface area (Å²) in [5.74, 6) is 0.538. The lowest BCUT2D eigenvalue weighted by Gasteiger charge is -2.17. The Morgan fingerprint density at radius 3 is 2.14 bits per heavy atom. The van der Waals surface area contributed by atoms with Crippen LogP contribution in [-0.4, -0.2) is 5.88 Å². The van der Waals surface area contributed by atoms with E-state index in [-0.39, 0.29) is 5.92 Å². The normalized spacial score (nSPS) is 13.2. The van der Waals surface area contributed by atoms with Crippen molar-refractivity contribution in [3.63, 3.8) is 0 Å². The summed E-state index contributed by atoms with van der Waals surface area (Å²) in [6.45, 7) is 2.02. The van der Waals surface area contributed by atoms with Gasteiger partial charge in [-0.25, -0.2) is 0 Å². The van der Waals surface area contributed by atoms with E-state index in [1.807, 2.05) is 31.2 Å². The molecule has 2 aromatic rings. The Balaban J connectivity index is 2.18. The van der Waals surface area contributed by atoms with Gasteiger partial charge in [0.1, 0.15) is 0 Å². The zero-order valence-corrected chi connectivity index (χ0v) is 12.4. The SMILES string of the molecule is Cc1ccccc1C(CCl)Cc1ccc(C(F)(F)F)cc1. The third-order valence-electron chi connectivity index (χ3n) is 3.58. The van der Waals surface area contributed by atoms with Crippen molar-refractivity contribution in [1.29, 1.82) is 0 Å². The molecule has 21 heavy (non-hydrogen) atoms. The minimum atomic E-state index is -4.29. The van der Waals surface area contributed by atoms with Crippen molar-refractivity contribution in [2.75, 3.05) is 5.88 Å². The fourth-order valence-electron chi connectivity index (χ4n) is 2.41. The molecule has 1 atom stereocenters. The Labute approximate surface area is 127 Å². The summed E-state index contributed by atoms with van der Waals surface area (Å²) in [7, 11) is 0. The summed E-state index contributed by atoms with van der Waals surface area (Å²) in [6, 6.07) is 13.3. The van der Waals surface area contributed by atoms with Crippen molar-refractivity contribution < 1.29 is 13.2 Å². The second-order valence-corrected chi connectivity index (χ2v) is 5.42. The molecule has 1 unspecified atom stereocenters. The minimum absolute atomic E-state index is 0.101. The molecule has 2 rings (SSSR count). The molecule has 0 aliphatic carbocycles. The van der Waals surface area contributed by atoms with Crippen LogP contribution in [0.3, 0.4) is 0 Å². The number of halogens is 4. The van der Waals surface area contributed by atoms with Crippen LogP contribution in [0.1, 0.15) is 28.2 Å². The van der Waals surface area contributed by atoms with Gasteiger partial charge in [-0.05, 0) is 42.2 Å². The predicted molar refractivity (Wildman–Crippen MR) is 79.8 cm³/mol. The quantitative estimate of drug-likeness (QED) is 0.647. The average Bonchev–Trinajstić information content (AvgIpc) is 2.45. The molecule has 0 bridgehead atoms. The van der Waals surface area contributed by atoms with Gasteiger partial charge in [0.15, 0.2) is 0 Å². The molecule has 0 fully saturated rings. The smallest absolute Gasteiger partial charge is 0.166 e. The van der Waals surface area contributed by atoms with Crippen LogP contribution in [0.5, 0.6) is 0 Å². The maximum absolute atomic E-state index is 12.5. The monoisotopic (exact) mass is 312 g/mol. The first-order valence-corrected chi connectivity index (χ1v) is 7.23. The lowest BCUT2D eigenvalue weighted by molar-refractivity contribution is -0.137. The van der Waals surface area contributed by atoms with E-state index in [0.29, 0.717) is 12.3 Å². The lowest BCUT2D eigenvalue weighted by atomic mass is 9.90. The molecule has 0 saturated carbocycles. The fourth-order valence-corrected chi connectivity index (χ4v) is 2.68. The molecule has 0 aliphatic rings. The molecule has 0 aromatic heterocycles. The van der Waals surface area contributed by atoms with Gasteiger partial charge < -0.3 is 0 Å². The molecule has 0 aliphatic heterocycles. The van der Waals surface area contributed by atoms with Gasteiger partial charge in [0.05, 0.1) is 5.56 Å². The van der Waals surface area contributed by atoms with Gasteiger partial charge in [-0.1, -0.05) is 36.4 Å². The molecular formula is C17H16ClF3. The number of benzene rings is 2. The highest BCUT2D eigenvalue weighted by molar-refractivity contribution is 6.18. The third kappa shape index (κ3) is 4.01. The van der Waals surface area contributed by atoms with Crippen LogP contribution in [0.15, 0.2) is 48.5 Å². The lowest BCUT2D eigenvalue weighted by Crippen LogP contribution is -2.08. The third-order valence-corrected chi connectivity index (χ3v) is 3.95. The highest BCUT2D eigenvalue weighted by atomic mass is 35.5. The number of hydrogen-bond acceptors (Lipinski definition) is 0. The summed E-state index contributed by atoms with van der Waals surface area (Å²) >= 11 is 6.05. The Bertz CT molecular complexity index is 588. The van der Waals surface area contributed by atoms with Crippen LogP contribution >= 0.6 is 11.6 Å². The van der Waals surface area contributed by atoms with Crippen molar-refractivity contribution in [3.8, 4) is 0 Å². The van der Waals surface area contributed by atoms with E-state index in [4.69, 9.17) is 11.6 Å². The molecule has 2 aromatic carbocycles. The van der Waals surface area contributed by atoms with Crippen molar-refractivity contribution in [1.82, 2.24) is 0 Å². The van der Waals surface area contributed by atoms with E-state index in [1.54, 1.807) is 0 Å². The number of hydrogen-bond donors (Lipinski definition) is 0. The van der Waals surface area contributed by atoms with Crippen molar-refractivity contribution in [2.45, 2.75) is 25.4 Å². The summed E-state index contributed by atoms with van der Waals surface area (Å²) < 4.78 is 37.6. The predicted octanol–water partition coefficient (Wildman–Crippen LogP) is 5.58. The van der Waals surface area contributed by atoms with Crippen molar-refractivity contribution in [3.05, 3.63) is 70.8 Å². The van der Waals surface area contributed by atoms with Crippen LogP contribution in [-0.2, 0) is 12.6 Å². The van der Waals surface area contributed by atoms with Gasteiger partial charge >= 0.3 is 6.18 Å². The van der Waals surface area contributed by atoms with Gasteiger partial charge in [-0.3, -0.25) is 0 Å². The molecule has 112 valence electrons. The summed E-state index contributed by atoms with van der Waals surface area (Å²) in [4.78, 5) is 0. The molecule has 0 radical (unpaired) electrons. The maximum Gasteiger partial charge on any atom is 0.416 e. The van der Waals surface area contributed by atoms with E-state index in [2.05, 4.69) is 0 Å². The van der Waals surface area contributed by atoms with Gasteiger partial charge in [-0.15, -0.1) is 11.6 Å². The summed E-state index contributed by atoms with van der Waals surface area (Å²) in [5.41, 5.74) is 2.53. The Hall–Kier alpha value is -1.48. The number of aryl methyl sites for hydroxylation is 1. The zero-order valence-electron chi connectivity index (χ0n) is 11.6. The Kier molecular flexibility index (Phi) is 4.94. The number of alkyl halides is 4. The van der Waals surface area contributed by atoms with E-state index >= 15 is 0 Å². The second kappa shape index (κ2) is 6.52. The van der Waals surface area contributed by atoms with Crippen molar-refractivity contribution >= 4 is 11.6 Å². The molecule has 0 spiro atoms. The van der Waals surface area contributed by atoms with E-state index in [0.717, 1.165) is 28.8 Å². The molecule has 4 heteroatoms. The van der Waals surface area contributed by atoms with Gasteiger partial charge in [0.2, 0.25) is 0 Å². The first-order valence-electron chi connectivity index (χ1n) is 6.69. The highest BCUT2D eigenvalue weighted by Crippen LogP contribution is 2.30. The van der Waals surface area contributed by atoms with Gasteiger partial charge in [0, 0.05) is 11.8 Å². The topological polar surface area (TPSA) is 0 Å². The standard InChI is InChI=1S/C17H16ClF3/c1-12-4-2-3-5-16(12)14(11-18)10-13-6-8-15(9-7-13)17(19,20)21/h2-9,14H,10-11H2,1H3. The van der Waals surface area contributed by atoms with Crippen LogP contribution in [0.4, 0.5) is 13.2 Å². The average molecular weight is 313 g/mol. The Morgan fingerprint density at radius 1 is 1.00 bits per heavy atom. The fraction of sp³-hybridized carbons (Fsp3) is 0.294. The zero-order chi connectivity index (χ0) is 15.5. The van der Waals surface area contributed by atoms with Crippen LogP contribution in [0.25, 0.3) is 0 Å². The van der Waals surface area contributed by atoms with Crippen LogP contribution < -0.4 is 0 Å². The summed E-state index contributed by atoms with van der Waals surface area (Å²) in [5, 5.41) is 0. The van der Waals surface area contributed by atoms with Crippen LogP contribution in [0.2, 0.25) is 0 Å². The molecule has 0 amide bonds. The maximum atomic E-state index is 12.5. The first-order chi connectivity index (χ1) is 9.91. The molecule has 0 N–H and O–H groups in total.